The highest BCUT2D eigenvalue weighted by Gasteiger charge is 2.35. The molecule has 0 spiro atoms. The van der Waals surface area contributed by atoms with Gasteiger partial charge in [0.25, 0.3) is 5.88 Å². The highest BCUT2D eigenvalue weighted by molar-refractivity contribution is 14.1. The fourth-order valence-electron chi connectivity index (χ4n) is 2.23. The molecule has 3 nitrogen and oxygen atoms in total. The predicted molar refractivity (Wildman–Crippen MR) is 84.4 cm³/mol. The fourth-order valence-corrected chi connectivity index (χ4v) is 4.32. The second kappa shape index (κ2) is 4.79. The molecule has 1 aliphatic rings. The minimum Gasteiger partial charge on any atom is -0.453 e. The monoisotopic (exact) mass is 393 g/mol. The molecule has 0 saturated carbocycles. The number of nitrogens with zero attached hydrogens (tertiary/aromatic N) is 2. The Kier molecular flexibility index (Phi) is 3.44. The number of halogens is 1. The van der Waals surface area contributed by atoms with Crippen molar-refractivity contribution in [3.05, 3.63) is 10.4 Å². The molecule has 0 fully saturated rings. The number of aromatic nitrogens is 2. The summed E-state index contributed by atoms with van der Waals surface area (Å²) >= 11 is 5.84. The number of hydrogen-bond acceptors (Lipinski definition) is 4. The molecule has 0 aromatic carbocycles. The van der Waals surface area contributed by atoms with Gasteiger partial charge in [0.05, 0.1) is 0 Å². The van der Waals surface area contributed by atoms with Gasteiger partial charge in [0, 0.05) is 9.30 Å². The van der Waals surface area contributed by atoms with E-state index in [-0.39, 0.29) is 6.10 Å². The van der Waals surface area contributed by atoms with E-state index in [1.165, 1.54) is 15.8 Å². The number of hydrogen-bond donors (Lipinski definition) is 0. The topological polar surface area (TPSA) is 26.0 Å². The van der Waals surface area contributed by atoms with Crippen molar-refractivity contribution in [2.45, 2.75) is 31.7 Å². The molecule has 0 N–H and O–H groups in total. The molecule has 0 radical (unpaired) electrons. The fraction of sp³-hybridized carbons (Fsp3) is 0.500. The Morgan fingerprint density at radius 2 is 2.33 bits per heavy atom. The van der Waals surface area contributed by atoms with Crippen LogP contribution in [-0.2, 0) is 6.54 Å². The van der Waals surface area contributed by atoms with Crippen molar-refractivity contribution in [2.24, 2.45) is 0 Å². The number of thioether (sulfide) groups is 1. The summed E-state index contributed by atoms with van der Waals surface area (Å²) in [5.74, 6) is 1.02. The standard InChI is InChI=1S/C12H14IN2OS2/c1-6-7(2)18-10-9(6)11-15(12(14-10)17-3)5-8(4-13)16-11/h8H,4-5H2,1-3H3/q+1/t8-/m1/s1. The largest absolute Gasteiger partial charge is 0.453 e. The summed E-state index contributed by atoms with van der Waals surface area (Å²) in [6, 6.07) is 0. The molecular formula is C12H14IN2OS2+. The molecule has 1 aliphatic heterocycles. The van der Waals surface area contributed by atoms with E-state index in [2.05, 4.69) is 47.3 Å². The third-order valence-electron chi connectivity index (χ3n) is 3.27. The van der Waals surface area contributed by atoms with Crippen LogP contribution in [0.4, 0.5) is 0 Å². The number of rotatable bonds is 2. The molecule has 2 aromatic rings. The first-order valence-electron chi connectivity index (χ1n) is 5.75. The van der Waals surface area contributed by atoms with Crippen LogP contribution in [0.5, 0.6) is 5.88 Å². The first kappa shape index (κ1) is 12.9. The van der Waals surface area contributed by atoms with E-state index in [0.717, 1.165) is 26.8 Å². The molecule has 3 rings (SSSR count). The number of aryl methyl sites for hydroxylation is 2. The minimum atomic E-state index is 0.281. The van der Waals surface area contributed by atoms with Crippen molar-refractivity contribution in [3.63, 3.8) is 0 Å². The highest BCUT2D eigenvalue weighted by Crippen LogP contribution is 2.36. The van der Waals surface area contributed by atoms with Crippen LogP contribution in [0.15, 0.2) is 5.16 Å². The molecule has 0 amide bonds. The molecule has 3 heterocycles. The average Bonchev–Trinajstić information content (AvgIpc) is 2.90. The second-order valence-electron chi connectivity index (χ2n) is 4.37. The Morgan fingerprint density at radius 3 is 3.00 bits per heavy atom. The Labute approximate surface area is 128 Å². The number of fused-ring (bicyclic) bond motifs is 3. The first-order chi connectivity index (χ1) is 8.65. The van der Waals surface area contributed by atoms with Crippen LogP contribution in [-0.4, -0.2) is 21.8 Å². The Hall–Kier alpha value is -0.0800. The van der Waals surface area contributed by atoms with Crippen molar-refractivity contribution in [1.82, 2.24) is 4.98 Å². The van der Waals surface area contributed by atoms with Gasteiger partial charge in [0.2, 0.25) is 4.83 Å². The smallest absolute Gasteiger partial charge is 0.363 e. The number of alkyl halides is 1. The van der Waals surface area contributed by atoms with E-state index in [9.17, 15) is 0 Å². The normalized spacial score (nSPS) is 18.1. The van der Waals surface area contributed by atoms with E-state index in [0.29, 0.717) is 0 Å². The van der Waals surface area contributed by atoms with Gasteiger partial charge >= 0.3 is 5.16 Å². The van der Waals surface area contributed by atoms with Crippen molar-refractivity contribution in [3.8, 4) is 5.88 Å². The van der Waals surface area contributed by atoms with Gasteiger partial charge in [0.1, 0.15) is 18.0 Å². The third kappa shape index (κ3) is 1.84. The highest BCUT2D eigenvalue weighted by atomic mass is 127. The third-order valence-corrected chi connectivity index (χ3v) is 6.03. The Bertz CT molecular complexity index is 626. The van der Waals surface area contributed by atoms with E-state index < -0.39 is 0 Å². The molecule has 0 saturated heterocycles. The quantitative estimate of drug-likeness (QED) is 0.258. The summed E-state index contributed by atoms with van der Waals surface area (Å²) in [7, 11) is 0. The molecule has 18 heavy (non-hydrogen) atoms. The van der Waals surface area contributed by atoms with Gasteiger partial charge in [-0.25, -0.2) is 0 Å². The average molecular weight is 393 g/mol. The van der Waals surface area contributed by atoms with Crippen molar-refractivity contribution < 1.29 is 9.30 Å². The molecular weight excluding hydrogens is 379 g/mol. The molecule has 96 valence electrons. The van der Waals surface area contributed by atoms with E-state index in [1.807, 2.05) is 0 Å². The summed E-state index contributed by atoms with van der Waals surface area (Å²) in [5, 5.41) is 2.27. The van der Waals surface area contributed by atoms with Crippen LogP contribution in [0.25, 0.3) is 10.2 Å². The van der Waals surface area contributed by atoms with Crippen LogP contribution in [0.1, 0.15) is 10.4 Å². The van der Waals surface area contributed by atoms with E-state index >= 15 is 0 Å². The lowest BCUT2D eigenvalue weighted by Gasteiger charge is -2.01. The summed E-state index contributed by atoms with van der Waals surface area (Å²) in [5.41, 5.74) is 1.31. The number of ether oxygens (including phenoxy) is 1. The Morgan fingerprint density at radius 1 is 1.56 bits per heavy atom. The van der Waals surface area contributed by atoms with Gasteiger partial charge in [-0.3, -0.25) is 0 Å². The van der Waals surface area contributed by atoms with Gasteiger partial charge in [-0.1, -0.05) is 33.9 Å². The molecule has 0 bridgehead atoms. The first-order valence-corrected chi connectivity index (χ1v) is 9.32. The van der Waals surface area contributed by atoms with Crippen LogP contribution in [0, 0.1) is 13.8 Å². The summed E-state index contributed by atoms with van der Waals surface area (Å²) in [6.07, 6.45) is 2.36. The molecule has 6 heteroatoms. The maximum absolute atomic E-state index is 6.11. The molecule has 2 aromatic heterocycles. The predicted octanol–water partition coefficient (Wildman–Crippen LogP) is 3.12. The van der Waals surface area contributed by atoms with Crippen molar-refractivity contribution in [2.75, 3.05) is 10.7 Å². The lowest BCUT2D eigenvalue weighted by molar-refractivity contribution is -0.720. The maximum Gasteiger partial charge on any atom is 0.363 e. The zero-order chi connectivity index (χ0) is 12.9. The number of thiophene rings is 1. The summed E-state index contributed by atoms with van der Waals surface area (Å²) < 4.78 is 9.36. The minimum absolute atomic E-state index is 0.281. The maximum atomic E-state index is 6.11. The Balaban J connectivity index is 2.31. The molecule has 1 atom stereocenters. The molecule has 0 aliphatic carbocycles. The van der Waals surface area contributed by atoms with Crippen molar-refractivity contribution in [1.29, 1.82) is 0 Å². The molecule has 0 unspecified atom stereocenters. The van der Waals surface area contributed by atoms with Crippen LogP contribution >= 0.6 is 45.7 Å². The lowest BCUT2D eigenvalue weighted by atomic mass is 10.2. The van der Waals surface area contributed by atoms with Crippen LogP contribution < -0.4 is 9.30 Å². The van der Waals surface area contributed by atoms with Crippen LogP contribution in [0.3, 0.4) is 0 Å². The van der Waals surface area contributed by atoms with E-state index in [4.69, 9.17) is 9.72 Å². The van der Waals surface area contributed by atoms with E-state index in [1.54, 1.807) is 23.1 Å². The van der Waals surface area contributed by atoms with Gasteiger partial charge in [-0.15, -0.1) is 0 Å². The van der Waals surface area contributed by atoms with Crippen LogP contribution in [0.2, 0.25) is 0 Å². The zero-order valence-corrected chi connectivity index (χ0v) is 14.3. The van der Waals surface area contributed by atoms with Crippen molar-refractivity contribution >= 4 is 55.9 Å². The second-order valence-corrected chi connectivity index (χ2v) is 7.23. The lowest BCUT2D eigenvalue weighted by Crippen LogP contribution is -2.36. The van der Waals surface area contributed by atoms with Gasteiger partial charge < -0.3 is 4.74 Å². The zero-order valence-electron chi connectivity index (χ0n) is 10.5. The van der Waals surface area contributed by atoms with Gasteiger partial charge in [-0.05, 0) is 42.4 Å². The van der Waals surface area contributed by atoms with Gasteiger partial charge in [-0.2, -0.15) is 4.57 Å². The summed E-state index contributed by atoms with van der Waals surface area (Å²) in [6.45, 7) is 5.24. The van der Waals surface area contributed by atoms with Gasteiger partial charge in [0.15, 0.2) is 0 Å². The summed E-state index contributed by atoms with van der Waals surface area (Å²) in [4.78, 5) is 7.22. The SMILES string of the molecule is CSc1nc2sc(C)c(C)c2c2[n+]1C[C@@H](CI)O2.